The van der Waals surface area contributed by atoms with Gasteiger partial charge in [0.2, 0.25) is 0 Å². The van der Waals surface area contributed by atoms with Crippen LogP contribution in [0.3, 0.4) is 0 Å². The van der Waals surface area contributed by atoms with Crippen LogP contribution in [0.4, 0.5) is 0 Å². The first-order valence-corrected chi connectivity index (χ1v) is 10.3. The van der Waals surface area contributed by atoms with E-state index < -0.39 is 0 Å². The van der Waals surface area contributed by atoms with E-state index in [0.717, 1.165) is 32.5 Å². The molecule has 0 saturated carbocycles. The Hall–Kier alpha value is -2.32. The average Bonchev–Trinajstić information content (AvgIpc) is 3.10. The second-order valence-electron chi connectivity index (χ2n) is 7.57. The van der Waals surface area contributed by atoms with Gasteiger partial charge in [0.1, 0.15) is 0 Å². The van der Waals surface area contributed by atoms with Crippen LogP contribution in [-0.2, 0) is 25.9 Å². The third-order valence-corrected chi connectivity index (χ3v) is 5.93. The Bertz CT molecular complexity index is 875. The lowest BCUT2D eigenvalue weighted by Gasteiger charge is -2.31. The fourth-order valence-corrected chi connectivity index (χ4v) is 4.40. The second kappa shape index (κ2) is 8.14. The SMILES string of the molecule is CCc1ccc([C@@H]2c3cccn3CCCN2Cc2ccccc2CC)cc1. The summed E-state index contributed by atoms with van der Waals surface area (Å²) in [4.78, 5) is 2.67. The normalized spacial score (nSPS) is 17.5. The first-order chi connectivity index (χ1) is 13.3. The van der Waals surface area contributed by atoms with Crippen molar-refractivity contribution in [3.63, 3.8) is 0 Å². The van der Waals surface area contributed by atoms with Gasteiger partial charge in [0.25, 0.3) is 0 Å². The minimum atomic E-state index is 0.318. The molecule has 0 spiro atoms. The van der Waals surface area contributed by atoms with Crippen molar-refractivity contribution in [3.05, 3.63) is 94.8 Å². The van der Waals surface area contributed by atoms with Crippen molar-refractivity contribution in [2.24, 2.45) is 0 Å². The van der Waals surface area contributed by atoms with Crippen LogP contribution in [0.5, 0.6) is 0 Å². The number of aromatic nitrogens is 1. The van der Waals surface area contributed by atoms with E-state index in [-0.39, 0.29) is 0 Å². The summed E-state index contributed by atoms with van der Waals surface area (Å²) in [6.45, 7) is 7.72. The highest BCUT2D eigenvalue weighted by molar-refractivity contribution is 5.33. The smallest absolute Gasteiger partial charge is 0.0759 e. The van der Waals surface area contributed by atoms with Crippen LogP contribution in [0.1, 0.15) is 54.3 Å². The summed E-state index contributed by atoms with van der Waals surface area (Å²) in [6.07, 6.45) is 5.62. The average molecular weight is 359 g/mol. The van der Waals surface area contributed by atoms with E-state index in [9.17, 15) is 0 Å². The first kappa shape index (κ1) is 18.1. The standard InChI is InChI=1S/C25H30N2/c1-3-20-12-14-22(15-13-20)25-24-11-7-16-26(24)17-8-18-27(25)19-23-10-6-5-9-21(23)4-2/h5-7,9-16,25H,3-4,8,17-19H2,1-2H3/t25-/m1/s1. The maximum atomic E-state index is 2.67. The second-order valence-corrected chi connectivity index (χ2v) is 7.57. The molecule has 0 bridgehead atoms. The summed E-state index contributed by atoms with van der Waals surface area (Å²) in [7, 11) is 0. The van der Waals surface area contributed by atoms with E-state index in [1.165, 1.54) is 34.4 Å². The molecule has 0 aliphatic carbocycles. The lowest BCUT2D eigenvalue weighted by Crippen LogP contribution is -2.30. The molecule has 4 rings (SSSR count). The molecule has 140 valence electrons. The van der Waals surface area contributed by atoms with Crippen LogP contribution in [0.2, 0.25) is 0 Å². The summed E-state index contributed by atoms with van der Waals surface area (Å²) in [5.74, 6) is 0. The fourth-order valence-electron chi connectivity index (χ4n) is 4.40. The van der Waals surface area contributed by atoms with E-state index in [0.29, 0.717) is 6.04 Å². The molecule has 2 heterocycles. The third-order valence-electron chi connectivity index (χ3n) is 5.93. The maximum Gasteiger partial charge on any atom is 0.0759 e. The maximum absolute atomic E-state index is 2.67. The van der Waals surface area contributed by atoms with Crippen molar-refractivity contribution >= 4 is 0 Å². The topological polar surface area (TPSA) is 8.17 Å². The Balaban J connectivity index is 1.73. The van der Waals surface area contributed by atoms with E-state index in [2.05, 4.69) is 90.2 Å². The van der Waals surface area contributed by atoms with Gasteiger partial charge in [0.05, 0.1) is 6.04 Å². The number of aryl methyl sites for hydroxylation is 3. The highest BCUT2D eigenvalue weighted by Gasteiger charge is 2.27. The quantitative estimate of drug-likeness (QED) is 0.576. The molecule has 0 N–H and O–H groups in total. The summed E-state index contributed by atoms with van der Waals surface area (Å²) in [5, 5.41) is 0. The molecule has 0 unspecified atom stereocenters. The Kier molecular flexibility index (Phi) is 5.45. The predicted molar refractivity (Wildman–Crippen MR) is 113 cm³/mol. The van der Waals surface area contributed by atoms with E-state index in [1.807, 2.05) is 0 Å². The number of hydrogen-bond acceptors (Lipinski definition) is 1. The summed E-state index contributed by atoms with van der Waals surface area (Å²) < 4.78 is 2.45. The minimum Gasteiger partial charge on any atom is -0.350 e. The molecule has 1 aliphatic rings. The van der Waals surface area contributed by atoms with Crippen LogP contribution >= 0.6 is 0 Å². The highest BCUT2D eigenvalue weighted by Crippen LogP contribution is 2.33. The fraction of sp³-hybridized carbons (Fsp3) is 0.360. The summed E-state index contributed by atoms with van der Waals surface area (Å²) in [6, 6.07) is 23.0. The van der Waals surface area contributed by atoms with Gasteiger partial charge in [-0.25, -0.2) is 0 Å². The summed E-state index contributed by atoms with van der Waals surface area (Å²) in [5.41, 5.74) is 7.17. The Labute approximate surface area is 163 Å². The Morgan fingerprint density at radius 1 is 0.815 bits per heavy atom. The monoisotopic (exact) mass is 358 g/mol. The van der Waals surface area contributed by atoms with Crippen molar-refractivity contribution in [2.45, 2.75) is 52.2 Å². The number of nitrogens with zero attached hydrogens (tertiary/aromatic N) is 2. The largest absolute Gasteiger partial charge is 0.350 e. The molecule has 1 atom stereocenters. The molecule has 27 heavy (non-hydrogen) atoms. The molecule has 0 amide bonds. The van der Waals surface area contributed by atoms with E-state index >= 15 is 0 Å². The molecule has 0 radical (unpaired) electrons. The van der Waals surface area contributed by atoms with Crippen molar-refractivity contribution in [3.8, 4) is 0 Å². The van der Waals surface area contributed by atoms with Crippen LogP contribution in [0.15, 0.2) is 66.9 Å². The third kappa shape index (κ3) is 3.72. The van der Waals surface area contributed by atoms with Crippen molar-refractivity contribution in [2.75, 3.05) is 6.54 Å². The zero-order chi connectivity index (χ0) is 18.6. The van der Waals surface area contributed by atoms with Gasteiger partial charge in [-0.1, -0.05) is 62.4 Å². The van der Waals surface area contributed by atoms with Crippen molar-refractivity contribution < 1.29 is 0 Å². The Morgan fingerprint density at radius 2 is 1.59 bits per heavy atom. The molecule has 0 fully saturated rings. The van der Waals surface area contributed by atoms with Gasteiger partial charge in [-0.3, -0.25) is 4.90 Å². The lowest BCUT2D eigenvalue weighted by atomic mass is 9.98. The molecule has 0 saturated heterocycles. The summed E-state index contributed by atoms with van der Waals surface area (Å²) >= 11 is 0. The van der Waals surface area contributed by atoms with Gasteiger partial charge in [0.15, 0.2) is 0 Å². The van der Waals surface area contributed by atoms with Crippen molar-refractivity contribution in [1.29, 1.82) is 0 Å². The van der Waals surface area contributed by atoms with Gasteiger partial charge in [0, 0.05) is 31.5 Å². The molecule has 3 aromatic rings. The molecule has 1 aliphatic heterocycles. The minimum absolute atomic E-state index is 0.318. The van der Waals surface area contributed by atoms with Crippen LogP contribution < -0.4 is 0 Å². The van der Waals surface area contributed by atoms with Gasteiger partial charge < -0.3 is 4.57 Å². The van der Waals surface area contributed by atoms with E-state index in [1.54, 1.807) is 0 Å². The molecule has 2 heteroatoms. The van der Waals surface area contributed by atoms with E-state index in [4.69, 9.17) is 0 Å². The number of rotatable bonds is 5. The lowest BCUT2D eigenvalue weighted by molar-refractivity contribution is 0.220. The van der Waals surface area contributed by atoms with Gasteiger partial charge in [-0.2, -0.15) is 0 Å². The predicted octanol–water partition coefficient (Wildman–Crippen LogP) is 5.61. The van der Waals surface area contributed by atoms with Gasteiger partial charge in [-0.15, -0.1) is 0 Å². The number of benzene rings is 2. The zero-order valence-electron chi connectivity index (χ0n) is 16.6. The number of fused-ring (bicyclic) bond motifs is 1. The van der Waals surface area contributed by atoms with Crippen molar-refractivity contribution in [1.82, 2.24) is 9.47 Å². The Morgan fingerprint density at radius 3 is 2.33 bits per heavy atom. The number of hydrogen-bond donors (Lipinski definition) is 0. The highest BCUT2D eigenvalue weighted by atomic mass is 15.2. The molecular formula is C25H30N2. The van der Waals surface area contributed by atoms with Gasteiger partial charge in [-0.05, 0) is 53.6 Å². The molecule has 2 nitrogen and oxygen atoms in total. The van der Waals surface area contributed by atoms with Crippen LogP contribution in [0.25, 0.3) is 0 Å². The first-order valence-electron chi connectivity index (χ1n) is 10.3. The van der Waals surface area contributed by atoms with Crippen LogP contribution in [-0.4, -0.2) is 16.0 Å². The molecular weight excluding hydrogens is 328 g/mol. The van der Waals surface area contributed by atoms with Gasteiger partial charge >= 0.3 is 0 Å². The van der Waals surface area contributed by atoms with Crippen LogP contribution in [0, 0.1) is 0 Å². The molecule has 2 aromatic carbocycles. The zero-order valence-corrected chi connectivity index (χ0v) is 16.6. The molecule has 1 aromatic heterocycles.